The molecule has 0 saturated carbocycles. The molecule has 2 amide bonds. The second-order valence-corrected chi connectivity index (χ2v) is 7.16. The number of hydrogen-bond acceptors (Lipinski definition) is 5. The summed E-state index contributed by atoms with van der Waals surface area (Å²) in [6.07, 6.45) is 6.89. The van der Waals surface area contributed by atoms with Crippen LogP contribution in [0, 0.1) is 6.92 Å². The van der Waals surface area contributed by atoms with Crippen LogP contribution in [-0.2, 0) is 24.1 Å². The number of aryl methyl sites for hydroxylation is 2. The molecule has 8 nitrogen and oxygen atoms in total. The van der Waals surface area contributed by atoms with Gasteiger partial charge in [-0.05, 0) is 44.6 Å². The lowest BCUT2D eigenvalue weighted by molar-refractivity contribution is -0.129. The zero-order chi connectivity index (χ0) is 18.1. The van der Waals surface area contributed by atoms with Gasteiger partial charge in [0.1, 0.15) is 6.26 Å². The van der Waals surface area contributed by atoms with Crippen molar-refractivity contribution >= 4 is 11.8 Å². The molecule has 0 aromatic carbocycles. The third-order valence-electron chi connectivity index (χ3n) is 5.30. The molecular weight excluding hydrogens is 334 g/mol. The van der Waals surface area contributed by atoms with Crippen LogP contribution < -0.4 is 5.32 Å². The highest BCUT2D eigenvalue weighted by Gasteiger charge is 2.29. The Morgan fingerprint density at radius 2 is 2.23 bits per heavy atom. The van der Waals surface area contributed by atoms with Gasteiger partial charge in [-0.15, -0.1) is 0 Å². The maximum Gasteiger partial charge on any atom is 0.274 e. The minimum Gasteiger partial charge on any atom is -0.364 e. The summed E-state index contributed by atoms with van der Waals surface area (Å²) >= 11 is 0. The SMILES string of the molecule is Cc1conc1C(=O)NC1CCN(C(=O)Cc2n[nH]c3c2CCCC3)C1. The number of carbonyl (C=O) groups is 2. The van der Waals surface area contributed by atoms with Gasteiger partial charge < -0.3 is 14.7 Å². The van der Waals surface area contributed by atoms with Crippen LogP contribution in [0.25, 0.3) is 0 Å². The lowest BCUT2D eigenvalue weighted by Gasteiger charge is -2.17. The fraction of sp³-hybridized carbons (Fsp3) is 0.556. The first-order valence-corrected chi connectivity index (χ1v) is 9.16. The predicted molar refractivity (Wildman–Crippen MR) is 92.6 cm³/mol. The topological polar surface area (TPSA) is 104 Å². The Morgan fingerprint density at radius 1 is 1.38 bits per heavy atom. The number of H-pyrrole nitrogens is 1. The quantitative estimate of drug-likeness (QED) is 0.854. The third kappa shape index (κ3) is 3.23. The van der Waals surface area contributed by atoms with Gasteiger partial charge in [0, 0.05) is 30.4 Å². The predicted octanol–water partition coefficient (Wildman–Crippen LogP) is 1.16. The molecule has 1 saturated heterocycles. The molecule has 3 heterocycles. The molecule has 2 aromatic heterocycles. The van der Waals surface area contributed by atoms with E-state index in [4.69, 9.17) is 4.52 Å². The van der Waals surface area contributed by atoms with Crippen molar-refractivity contribution in [1.29, 1.82) is 0 Å². The fourth-order valence-corrected chi connectivity index (χ4v) is 3.82. The summed E-state index contributed by atoms with van der Waals surface area (Å²) in [5.74, 6) is -0.184. The smallest absolute Gasteiger partial charge is 0.274 e. The molecule has 26 heavy (non-hydrogen) atoms. The molecule has 4 rings (SSSR count). The van der Waals surface area contributed by atoms with Crippen molar-refractivity contribution in [2.45, 2.75) is 51.5 Å². The van der Waals surface area contributed by atoms with Gasteiger partial charge in [-0.2, -0.15) is 5.10 Å². The van der Waals surface area contributed by atoms with Gasteiger partial charge in [-0.25, -0.2) is 0 Å². The van der Waals surface area contributed by atoms with Gasteiger partial charge in [-0.1, -0.05) is 5.16 Å². The molecule has 1 aliphatic carbocycles. The highest BCUT2D eigenvalue weighted by atomic mass is 16.5. The molecule has 1 atom stereocenters. The van der Waals surface area contributed by atoms with Gasteiger partial charge in [-0.3, -0.25) is 14.7 Å². The van der Waals surface area contributed by atoms with Crippen LogP contribution in [-0.4, -0.2) is 51.2 Å². The van der Waals surface area contributed by atoms with Crippen LogP contribution in [0.5, 0.6) is 0 Å². The second kappa shape index (κ2) is 6.93. The minimum atomic E-state index is -0.253. The number of amides is 2. The van der Waals surface area contributed by atoms with E-state index in [2.05, 4.69) is 20.7 Å². The van der Waals surface area contributed by atoms with Crippen molar-refractivity contribution < 1.29 is 14.1 Å². The minimum absolute atomic E-state index is 0.0596. The molecule has 2 aromatic rings. The molecule has 0 bridgehead atoms. The summed E-state index contributed by atoms with van der Waals surface area (Å²) in [6, 6.07) is -0.0596. The van der Waals surface area contributed by atoms with Gasteiger partial charge in [0.25, 0.3) is 5.91 Å². The Bertz CT molecular complexity index is 825. The van der Waals surface area contributed by atoms with Crippen LogP contribution in [0.2, 0.25) is 0 Å². The summed E-state index contributed by atoms with van der Waals surface area (Å²) in [5, 5.41) is 14.1. The zero-order valence-corrected chi connectivity index (χ0v) is 14.9. The largest absolute Gasteiger partial charge is 0.364 e. The summed E-state index contributed by atoms with van der Waals surface area (Å²) in [7, 11) is 0. The Morgan fingerprint density at radius 3 is 3.04 bits per heavy atom. The van der Waals surface area contributed by atoms with Crippen molar-refractivity contribution in [3.63, 3.8) is 0 Å². The maximum absolute atomic E-state index is 12.6. The summed E-state index contributed by atoms with van der Waals surface area (Å²) < 4.78 is 4.81. The van der Waals surface area contributed by atoms with E-state index in [1.807, 2.05) is 4.90 Å². The Labute approximate surface area is 151 Å². The number of likely N-dealkylation sites (tertiary alicyclic amines) is 1. The van der Waals surface area contributed by atoms with Gasteiger partial charge in [0.15, 0.2) is 5.69 Å². The Kier molecular flexibility index (Phi) is 4.48. The molecule has 8 heteroatoms. The number of carbonyl (C=O) groups excluding carboxylic acids is 2. The molecular formula is C18H23N5O3. The molecule has 2 aliphatic rings. The van der Waals surface area contributed by atoms with Crippen molar-refractivity contribution in [3.05, 3.63) is 34.5 Å². The average molecular weight is 357 g/mol. The Hall–Kier alpha value is -2.64. The standard InChI is InChI=1S/C18H23N5O3/c1-11-10-26-22-17(11)18(25)19-12-6-7-23(9-12)16(24)8-15-13-4-2-3-5-14(13)20-21-15/h10,12H,2-9H2,1H3,(H,19,25)(H,20,21). The normalized spacial score (nSPS) is 19.4. The van der Waals surface area contributed by atoms with E-state index in [0.29, 0.717) is 30.8 Å². The molecule has 1 aliphatic heterocycles. The van der Waals surface area contributed by atoms with Gasteiger partial charge >= 0.3 is 0 Å². The molecule has 138 valence electrons. The van der Waals surface area contributed by atoms with Crippen LogP contribution in [0.1, 0.15) is 52.3 Å². The van der Waals surface area contributed by atoms with E-state index in [1.165, 1.54) is 23.9 Å². The van der Waals surface area contributed by atoms with Gasteiger partial charge in [0.2, 0.25) is 5.91 Å². The molecule has 0 radical (unpaired) electrons. The monoisotopic (exact) mass is 357 g/mol. The van der Waals surface area contributed by atoms with E-state index < -0.39 is 0 Å². The first-order valence-electron chi connectivity index (χ1n) is 9.16. The number of aromatic amines is 1. The summed E-state index contributed by atoms with van der Waals surface area (Å²) in [6.45, 7) is 2.95. The van der Waals surface area contributed by atoms with E-state index in [1.54, 1.807) is 6.92 Å². The first kappa shape index (κ1) is 16.8. The maximum atomic E-state index is 12.6. The number of nitrogens with one attached hydrogen (secondary N) is 2. The van der Waals surface area contributed by atoms with Crippen LogP contribution in [0.3, 0.4) is 0 Å². The van der Waals surface area contributed by atoms with Crippen LogP contribution in [0.15, 0.2) is 10.8 Å². The number of fused-ring (bicyclic) bond motifs is 1. The summed E-state index contributed by atoms with van der Waals surface area (Å²) in [5.41, 5.74) is 4.31. The van der Waals surface area contributed by atoms with E-state index in [0.717, 1.165) is 31.4 Å². The van der Waals surface area contributed by atoms with Crippen molar-refractivity contribution in [3.8, 4) is 0 Å². The second-order valence-electron chi connectivity index (χ2n) is 7.16. The zero-order valence-electron chi connectivity index (χ0n) is 14.9. The lowest BCUT2D eigenvalue weighted by Crippen LogP contribution is -2.39. The van der Waals surface area contributed by atoms with Crippen molar-refractivity contribution in [2.24, 2.45) is 0 Å². The lowest BCUT2D eigenvalue weighted by atomic mass is 9.95. The van der Waals surface area contributed by atoms with E-state index in [9.17, 15) is 9.59 Å². The number of aromatic nitrogens is 3. The van der Waals surface area contributed by atoms with E-state index >= 15 is 0 Å². The number of rotatable bonds is 4. The van der Waals surface area contributed by atoms with Gasteiger partial charge in [0.05, 0.1) is 12.1 Å². The summed E-state index contributed by atoms with van der Waals surface area (Å²) in [4.78, 5) is 26.7. The average Bonchev–Trinajstić information content (AvgIpc) is 3.35. The molecule has 1 unspecified atom stereocenters. The fourth-order valence-electron chi connectivity index (χ4n) is 3.82. The molecule has 0 spiro atoms. The molecule has 2 N–H and O–H groups in total. The molecule has 1 fully saturated rings. The first-order chi connectivity index (χ1) is 12.6. The van der Waals surface area contributed by atoms with Crippen molar-refractivity contribution in [2.75, 3.05) is 13.1 Å². The highest BCUT2D eigenvalue weighted by Crippen LogP contribution is 2.23. The van der Waals surface area contributed by atoms with Crippen LogP contribution in [0.4, 0.5) is 0 Å². The number of nitrogens with zero attached hydrogens (tertiary/aromatic N) is 3. The third-order valence-corrected chi connectivity index (χ3v) is 5.30. The Balaban J connectivity index is 1.33. The number of hydrogen-bond donors (Lipinski definition) is 2. The van der Waals surface area contributed by atoms with E-state index in [-0.39, 0.29) is 17.9 Å². The van der Waals surface area contributed by atoms with Crippen molar-refractivity contribution in [1.82, 2.24) is 25.6 Å². The van der Waals surface area contributed by atoms with Crippen LogP contribution >= 0.6 is 0 Å². The highest BCUT2D eigenvalue weighted by molar-refractivity contribution is 5.93.